The maximum atomic E-state index is 13.5. The van der Waals surface area contributed by atoms with E-state index in [1.807, 2.05) is 0 Å². The summed E-state index contributed by atoms with van der Waals surface area (Å²) in [6.07, 6.45) is 0. The van der Waals surface area contributed by atoms with E-state index < -0.39 is 17.5 Å². The van der Waals surface area contributed by atoms with Crippen molar-refractivity contribution in [3.8, 4) is 5.75 Å². The summed E-state index contributed by atoms with van der Waals surface area (Å²) in [5, 5.41) is 2.53. The lowest BCUT2D eigenvalue weighted by Gasteiger charge is -2.08. The molecule has 0 aliphatic rings. The van der Waals surface area contributed by atoms with Crippen LogP contribution in [-0.2, 0) is 6.54 Å². The van der Waals surface area contributed by atoms with Crippen LogP contribution in [-0.4, -0.2) is 13.0 Å². The molecule has 0 aromatic heterocycles. The molecule has 0 fully saturated rings. The quantitative estimate of drug-likeness (QED) is 0.933. The molecule has 3 nitrogen and oxygen atoms in total. The average Bonchev–Trinajstić information content (AvgIpc) is 2.45. The summed E-state index contributed by atoms with van der Waals surface area (Å²) in [7, 11) is 1.37. The smallest absolute Gasteiger partial charge is 0.254 e. The third kappa shape index (κ3) is 3.12. The van der Waals surface area contributed by atoms with E-state index in [2.05, 4.69) is 5.32 Å². The van der Waals surface area contributed by atoms with Crippen LogP contribution < -0.4 is 10.1 Å². The summed E-state index contributed by atoms with van der Waals surface area (Å²) < 4.78 is 31.7. The summed E-state index contributed by atoms with van der Waals surface area (Å²) in [6, 6.07) is 10.0. The minimum atomic E-state index is -0.592. The van der Waals surface area contributed by atoms with E-state index in [9.17, 15) is 13.6 Å². The van der Waals surface area contributed by atoms with E-state index in [-0.39, 0.29) is 17.9 Å². The van der Waals surface area contributed by atoms with Crippen molar-refractivity contribution in [2.75, 3.05) is 7.11 Å². The zero-order valence-corrected chi connectivity index (χ0v) is 10.8. The Morgan fingerprint density at radius 3 is 2.55 bits per heavy atom. The Morgan fingerprint density at radius 2 is 1.90 bits per heavy atom. The van der Waals surface area contributed by atoms with Crippen molar-refractivity contribution in [3.63, 3.8) is 0 Å². The second-order valence-electron chi connectivity index (χ2n) is 4.13. The van der Waals surface area contributed by atoms with Gasteiger partial charge in [0.25, 0.3) is 5.91 Å². The lowest BCUT2D eigenvalue weighted by Crippen LogP contribution is -2.23. The molecule has 104 valence electrons. The molecule has 0 atom stereocenters. The monoisotopic (exact) mass is 277 g/mol. The van der Waals surface area contributed by atoms with Crippen molar-refractivity contribution in [1.29, 1.82) is 0 Å². The fourth-order valence-electron chi connectivity index (χ4n) is 1.74. The highest BCUT2D eigenvalue weighted by atomic mass is 19.1. The second-order valence-corrected chi connectivity index (χ2v) is 4.13. The van der Waals surface area contributed by atoms with Crippen molar-refractivity contribution in [1.82, 2.24) is 5.32 Å². The Hall–Kier alpha value is -2.43. The van der Waals surface area contributed by atoms with Crippen LogP contribution in [0.4, 0.5) is 8.78 Å². The van der Waals surface area contributed by atoms with E-state index >= 15 is 0 Å². The zero-order valence-electron chi connectivity index (χ0n) is 10.8. The van der Waals surface area contributed by atoms with Gasteiger partial charge in [0, 0.05) is 6.54 Å². The number of carbonyl (C=O) groups is 1. The van der Waals surface area contributed by atoms with Gasteiger partial charge in [-0.3, -0.25) is 4.79 Å². The third-order valence-electron chi connectivity index (χ3n) is 2.79. The number of hydrogen-bond donors (Lipinski definition) is 1. The van der Waals surface area contributed by atoms with E-state index in [0.717, 1.165) is 0 Å². The first kappa shape index (κ1) is 14.0. The number of ether oxygens (including phenoxy) is 1. The van der Waals surface area contributed by atoms with Crippen LogP contribution in [0.5, 0.6) is 5.75 Å². The molecule has 0 radical (unpaired) electrons. The van der Waals surface area contributed by atoms with Crippen LogP contribution in [0.3, 0.4) is 0 Å². The lowest BCUT2D eigenvalue weighted by molar-refractivity contribution is 0.0947. The number of amides is 1. The van der Waals surface area contributed by atoms with Crippen LogP contribution in [0, 0.1) is 11.6 Å². The fourth-order valence-corrected chi connectivity index (χ4v) is 1.74. The number of hydrogen-bond acceptors (Lipinski definition) is 2. The molecule has 0 heterocycles. The molecule has 0 saturated heterocycles. The Labute approximate surface area is 115 Å². The summed E-state index contributed by atoms with van der Waals surface area (Å²) in [4.78, 5) is 11.8. The lowest BCUT2D eigenvalue weighted by atomic mass is 10.1. The molecule has 0 aliphatic heterocycles. The fraction of sp³-hybridized carbons (Fsp3) is 0.133. The van der Waals surface area contributed by atoms with Crippen LogP contribution in [0.1, 0.15) is 15.9 Å². The van der Waals surface area contributed by atoms with Gasteiger partial charge in [0.1, 0.15) is 5.82 Å². The van der Waals surface area contributed by atoms with Gasteiger partial charge in [-0.1, -0.05) is 18.2 Å². The van der Waals surface area contributed by atoms with E-state index in [0.29, 0.717) is 5.56 Å². The molecule has 1 N–H and O–H groups in total. The first-order valence-corrected chi connectivity index (χ1v) is 5.97. The molecule has 0 bridgehead atoms. The second kappa shape index (κ2) is 6.14. The van der Waals surface area contributed by atoms with E-state index in [4.69, 9.17) is 4.74 Å². The number of carbonyl (C=O) groups excluding carboxylic acids is 1. The van der Waals surface area contributed by atoms with Gasteiger partial charge >= 0.3 is 0 Å². The average molecular weight is 277 g/mol. The van der Waals surface area contributed by atoms with Crippen LogP contribution in [0.2, 0.25) is 0 Å². The van der Waals surface area contributed by atoms with Crippen molar-refractivity contribution in [2.45, 2.75) is 6.54 Å². The topological polar surface area (TPSA) is 38.3 Å². The zero-order chi connectivity index (χ0) is 14.5. The number of halogens is 2. The minimum Gasteiger partial charge on any atom is -0.494 e. The number of benzene rings is 2. The molecule has 1 amide bonds. The Kier molecular flexibility index (Phi) is 4.30. The highest BCUT2D eigenvalue weighted by Crippen LogP contribution is 2.17. The Morgan fingerprint density at radius 1 is 1.15 bits per heavy atom. The SMILES string of the molecule is COc1ccc(CNC(=O)c2ccccc2F)cc1F. The van der Waals surface area contributed by atoms with Crippen LogP contribution >= 0.6 is 0 Å². The molecule has 0 aliphatic carbocycles. The van der Waals surface area contributed by atoms with Gasteiger partial charge in [0.2, 0.25) is 0 Å². The molecule has 0 saturated carbocycles. The first-order valence-electron chi connectivity index (χ1n) is 5.97. The molecule has 20 heavy (non-hydrogen) atoms. The van der Waals surface area contributed by atoms with Crippen molar-refractivity contribution in [3.05, 3.63) is 65.2 Å². The number of methoxy groups -OCH3 is 1. The normalized spacial score (nSPS) is 10.2. The molecule has 2 aromatic carbocycles. The van der Waals surface area contributed by atoms with Crippen molar-refractivity contribution >= 4 is 5.91 Å². The number of rotatable bonds is 4. The van der Waals surface area contributed by atoms with E-state index in [1.165, 1.54) is 37.4 Å². The largest absolute Gasteiger partial charge is 0.494 e. The van der Waals surface area contributed by atoms with Gasteiger partial charge in [-0.25, -0.2) is 8.78 Å². The Bertz CT molecular complexity index is 629. The molecule has 0 unspecified atom stereocenters. The predicted molar refractivity (Wildman–Crippen MR) is 70.5 cm³/mol. The molecular formula is C15H13F2NO2. The maximum absolute atomic E-state index is 13.5. The molecule has 2 aromatic rings. The van der Waals surface area contributed by atoms with Crippen LogP contribution in [0.25, 0.3) is 0 Å². The highest BCUT2D eigenvalue weighted by molar-refractivity contribution is 5.94. The summed E-state index contributed by atoms with van der Waals surface area (Å²) in [6.45, 7) is 0.105. The summed E-state index contributed by atoms with van der Waals surface area (Å²) in [5.41, 5.74) is 0.523. The Balaban J connectivity index is 2.04. The summed E-state index contributed by atoms with van der Waals surface area (Å²) >= 11 is 0. The van der Waals surface area contributed by atoms with Gasteiger partial charge in [-0.2, -0.15) is 0 Å². The van der Waals surface area contributed by atoms with Gasteiger partial charge < -0.3 is 10.1 Å². The predicted octanol–water partition coefficient (Wildman–Crippen LogP) is 2.90. The van der Waals surface area contributed by atoms with Crippen LogP contribution in [0.15, 0.2) is 42.5 Å². The number of nitrogens with one attached hydrogen (secondary N) is 1. The van der Waals surface area contributed by atoms with Crippen molar-refractivity contribution < 1.29 is 18.3 Å². The standard InChI is InChI=1S/C15H13F2NO2/c1-20-14-7-6-10(8-13(14)17)9-18-15(19)11-4-2-3-5-12(11)16/h2-8H,9H2,1H3,(H,18,19). The van der Waals surface area contributed by atoms with Gasteiger partial charge in [0.05, 0.1) is 12.7 Å². The van der Waals surface area contributed by atoms with Crippen molar-refractivity contribution in [2.24, 2.45) is 0 Å². The van der Waals surface area contributed by atoms with Gasteiger partial charge in [0.15, 0.2) is 11.6 Å². The highest BCUT2D eigenvalue weighted by Gasteiger charge is 2.10. The summed E-state index contributed by atoms with van der Waals surface area (Å²) in [5.74, 6) is -1.51. The maximum Gasteiger partial charge on any atom is 0.254 e. The molecule has 2 rings (SSSR count). The van der Waals surface area contributed by atoms with Gasteiger partial charge in [-0.15, -0.1) is 0 Å². The minimum absolute atomic E-state index is 0.0403. The van der Waals surface area contributed by atoms with E-state index in [1.54, 1.807) is 12.1 Å². The third-order valence-corrected chi connectivity index (χ3v) is 2.79. The molecular weight excluding hydrogens is 264 g/mol. The molecule has 0 spiro atoms. The van der Waals surface area contributed by atoms with Gasteiger partial charge in [-0.05, 0) is 29.8 Å². The first-order chi connectivity index (χ1) is 9.61. The molecule has 5 heteroatoms.